The van der Waals surface area contributed by atoms with Crippen molar-refractivity contribution in [1.29, 1.82) is 0 Å². The first-order chi connectivity index (χ1) is 15.6. The molecule has 0 saturated heterocycles. The van der Waals surface area contributed by atoms with Crippen molar-refractivity contribution in [3.8, 4) is 11.4 Å². The van der Waals surface area contributed by atoms with Gasteiger partial charge in [-0.1, -0.05) is 84.6 Å². The largest absolute Gasteiger partial charge is 0.344 e. The topological polar surface area (TPSA) is 114 Å². The molecule has 0 fully saturated rings. The zero-order chi connectivity index (χ0) is 22.3. The Labute approximate surface area is 188 Å². The molecule has 160 valence electrons. The molecular weight excluding hydrogens is 426 g/mol. The normalized spacial score (nSPS) is 10.8. The van der Waals surface area contributed by atoms with Gasteiger partial charge in [0.2, 0.25) is 11.1 Å². The van der Waals surface area contributed by atoms with Crippen LogP contribution in [0.1, 0.15) is 17.2 Å². The van der Waals surface area contributed by atoms with Crippen LogP contribution in [0.4, 0.5) is 5.69 Å². The van der Waals surface area contributed by atoms with Gasteiger partial charge in [0.25, 0.3) is 5.69 Å². The lowest BCUT2D eigenvalue weighted by molar-refractivity contribution is -0.384. The fourth-order valence-electron chi connectivity index (χ4n) is 3.19. The van der Waals surface area contributed by atoms with E-state index in [4.69, 9.17) is 0 Å². The van der Waals surface area contributed by atoms with E-state index in [-0.39, 0.29) is 23.4 Å². The maximum atomic E-state index is 12.7. The Hall–Kier alpha value is -3.98. The summed E-state index contributed by atoms with van der Waals surface area (Å²) in [5.41, 5.74) is 2.50. The molecule has 0 radical (unpaired) electrons. The highest BCUT2D eigenvalue weighted by Crippen LogP contribution is 2.24. The van der Waals surface area contributed by atoms with Crippen molar-refractivity contribution in [1.82, 2.24) is 20.5 Å². The van der Waals surface area contributed by atoms with Crippen LogP contribution in [0.3, 0.4) is 0 Å². The van der Waals surface area contributed by atoms with E-state index in [1.165, 1.54) is 23.9 Å². The van der Waals surface area contributed by atoms with Crippen LogP contribution < -0.4 is 5.32 Å². The number of aromatic amines is 1. The molecule has 32 heavy (non-hydrogen) atoms. The van der Waals surface area contributed by atoms with Crippen molar-refractivity contribution in [2.45, 2.75) is 11.2 Å². The molecule has 1 heterocycles. The van der Waals surface area contributed by atoms with Gasteiger partial charge >= 0.3 is 0 Å². The van der Waals surface area contributed by atoms with Gasteiger partial charge < -0.3 is 5.32 Å². The lowest BCUT2D eigenvalue weighted by atomic mass is 9.99. The first-order valence-corrected chi connectivity index (χ1v) is 10.8. The Morgan fingerprint density at radius 1 is 1.00 bits per heavy atom. The van der Waals surface area contributed by atoms with E-state index < -0.39 is 4.92 Å². The van der Waals surface area contributed by atoms with E-state index in [0.29, 0.717) is 16.5 Å². The van der Waals surface area contributed by atoms with Crippen molar-refractivity contribution >= 4 is 23.4 Å². The van der Waals surface area contributed by atoms with Crippen molar-refractivity contribution in [2.75, 3.05) is 5.75 Å². The molecule has 3 aromatic carbocycles. The van der Waals surface area contributed by atoms with E-state index in [0.717, 1.165) is 11.1 Å². The molecule has 0 unspecified atom stereocenters. The molecule has 8 nitrogen and oxygen atoms in total. The van der Waals surface area contributed by atoms with E-state index in [1.807, 2.05) is 60.7 Å². The predicted octanol–water partition coefficient (Wildman–Crippen LogP) is 4.38. The van der Waals surface area contributed by atoms with Gasteiger partial charge in [-0.2, -0.15) is 0 Å². The highest BCUT2D eigenvalue weighted by Gasteiger charge is 2.17. The smallest absolute Gasteiger partial charge is 0.270 e. The Kier molecular flexibility index (Phi) is 6.57. The molecule has 1 amide bonds. The standard InChI is InChI=1S/C23H19N5O3S/c29-20(24-21(16-8-3-1-4-9-16)17-10-5-2-6-11-17)15-32-23-25-22(26-27-23)18-12-7-13-19(14-18)28(30)31/h1-14,21H,15H2,(H,24,29)(H,25,26,27). The summed E-state index contributed by atoms with van der Waals surface area (Å²) in [5, 5.41) is 21.3. The maximum absolute atomic E-state index is 12.7. The number of aromatic nitrogens is 3. The minimum atomic E-state index is -0.463. The number of non-ortho nitro benzene ring substituents is 1. The molecule has 0 aliphatic rings. The van der Waals surface area contributed by atoms with Crippen molar-refractivity contribution < 1.29 is 9.72 Å². The summed E-state index contributed by atoms with van der Waals surface area (Å²) >= 11 is 1.19. The van der Waals surface area contributed by atoms with Gasteiger partial charge in [0, 0.05) is 17.7 Å². The number of H-pyrrole nitrogens is 1. The number of rotatable bonds is 8. The first-order valence-electron chi connectivity index (χ1n) is 9.79. The van der Waals surface area contributed by atoms with E-state index in [9.17, 15) is 14.9 Å². The van der Waals surface area contributed by atoms with Crippen LogP contribution in [0.5, 0.6) is 0 Å². The van der Waals surface area contributed by atoms with Gasteiger partial charge in [0.15, 0.2) is 5.82 Å². The highest BCUT2D eigenvalue weighted by atomic mass is 32.2. The van der Waals surface area contributed by atoms with Crippen LogP contribution in [0, 0.1) is 10.1 Å². The minimum Gasteiger partial charge on any atom is -0.344 e. The van der Waals surface area contributed by atoms with Gasteiger partial charge in [-0.05, 0) is 11.1 Å². The Balaban J connectivity index is 1.42. The molecule has 2 N–H and O–H groups in total. The molecule has 4 rings (SSSR count). The van der Waals surface area contributed by atoms with Gasteiger partial charge in [-0.15, -0.1) is 5.10 Å². The van der Waals surface area contributed by atoms with E-state index in [1.54, 1.807) is 12.1 Å². The van der Waals surface area contributed by atoms with Crippen LogP contribution in [0.25, 0.3) is 11.4 Å². The van der Waals surface area contributed by atoms with Crippen molar-refractivity contribution in [3.05, 3.63) is 106 Å². The summed E-state index contributed by atoms with van der Waals surface area (Å²) in [5.74, 6) is 0.375. The third-order valence-electron chi connectivity index (χ3n) is 4.70. The Morgan fingerprint density at radius 3 is 2.28 bits per heavy atom. The number of nitrogens with zero attached hydrogens (tertiary/aromatic N) is 3. The molecule has 9 heteroatoms. The number of amides is 1. The van der Waals surface area contributed by atoms with Gasteiger partial charge in [-0.25, -0.2) is 4.98 Å². The summed E-state index contributed by atoms with van der Waals surface area (Å²) in [6.07, 6.45) is 0. The van der Waals surface area contributed by atoms with E-state index in [2.05, 4.69) is 20.5 Å². The number of benzene rings is 3. The van der Waals surface area contributed by atoms with Crippen LogP contribution in [0.2, 0.25) is 0 Å². The average molecular weight is 446 g/mol. The molecule has 0 bridgehead atoms. The Morgan fingerprint density at radius 2 is 1.66 bits per heavy atom. The zero-order valence-corrected chi connectivity index (χ0v) is 17.7. The number of nitro groups is 1. The fraction of sp³-hybridized carbons (Fsp3) is 0.0870. The molecule has 0 aliphatic heterocycles. The number of hydrogen-bond acceptors (Lipinski definition) is 6. The number of thioether (sulfide) groups is 1. The highest BCUT2D eigenvalue weighted by molar-refractivity contribution is 7.99. The average Bonchev–Trinajstić information content (AvgIpc) is 3.32. The lowest BCUT2D eigenvalue weighted by Gasteiger charge is -2.19. The molecular formula is C23H19N5O3S. The summed E-state index contributed by atoms with van der Waals surface area (Å²) in [6, 6.07) is 25.4. The molecule has 0 saturated carbocycles. The van der Waals surface area contributed by atoms with Crippen molar-refractivity contribution in [3.63, 3.8) is 0 Å². The minimum absolute atomic E-state index is 0.0275. The number of carbonyl (C=O) groups excluding carboxylic acids is 1. The predicted molar refractivity (Wildman–Crippen MR) is 122 cm³/mol. The number of nitro benzene ring substituents is 1. The monoisotopic (exact) mass is 445 g/mol. The number of carbonyl (C=O) groups is 1. The van der Waals surface area contributed by atoms with Crippen LogP contribution >= 0.6 is 11.8 Å². The summed E-state index contributed by atoms with van der Waals surface area (Å²) < 4.78 is 0. The van der Waals surface area contributed by atoms with Gasteiger partial charge in [0.05, 0.1) is 16.7 Å². The van der Waals surface area contributed by atoms with Crippen LogP contribution in [0.15, 0.2) is 90.1 Å². The summed E-state index contributed by atoms with van der Waals surface area (Å²) in [7, 11) is 0. The Bertz CT molecular complexity index is 1180. The fourth-order valence-corrected chi connectivity index (χ4v) is 3.80. The number of nitrogens with one attached hydrogen (secondary N) is 2. The molecule has 0 atom stereocenters. The molecule has 0 aliphatic carbocycles. The third-order valence-corrected chi connectivity index (χ3v) is 5.55. The second kappa shape index (κ2) is 9.88. The lowest BCUT2D eigenvalue weighted by Crippen LogP contribution is -2.30. The molecule has 1 aromatic heterocycles. The van der Waals surface area contributed by atoms with Gasteiger partial charge in [0.1, 0.15) is 0 Å². The zero-order valence-electron chi connectivity index (χ0n) is 16.8. The second-order valence-corrected chi connectivity index (χ2v) is 7.83. The first kappa shape index (κ1) is 21.3. The van der Waals surface area contributed by atoms with Crippen LogP contribution in [-0.2, 0) is 4.79 Å². The van der Waals surface area contributed by atoms with E-state index >= 15 is 0 Å². The SMILES string of the molecule is O=C(CSc1n[nH]c(-c2cccc([N+](=O)[O-])c2)n1)NC(c1ccccc1)c1ccccc1. The van der Waals surface area contributed by atoms with Crippen molar-refractivity contribution in [2.24, 2.45) is 0 Å². The quantitative estimate of drug-likeness (QED) is 0.236. The number of hydrogen-bond donors (Lipinski definition) is 2. The molecule has 0 spiro atoms. The van der Waals surface area contributed by atoms with Gasteiger partial charge in [-0.3, -0.25) is 20.0 Å². The summed E-state index contributed by atoms with van der Waals surface area (Å²) in [6.45, 7) is 0. The van der Waals surface area contributed by atoms with Crippen LogP contribution in [-0.4, -0.2) is 31.8 Å². The second-order valence-electron chi connectivity index (χ2n) is 6.88. The molecule has 4 aromatic rings. The summed E-state index contributed by atoms with van der Waals surface area (Å²) in [4.78, 5) is 27.5. The maximum Gasteiger partial charge on any atom is 0.270 e. The third kappa shape index (κ3) is 5.19.